The lowest BCUT2D eigenvalue weighted by Crippen LogP contribution is -2.52. The molecule has 0 saturated carbocycles. The van der Waals surface area contributed by atoms with Crippen molar-refractivity contribution in [3.8, 4) is 5.75 Å². The monoisotopic (exact) mass is 352 g/mol. The van der Waals surface area contributed by atoms with Crippen molar-refractivity contribution in [1.29, 1.82) is 0 Å². The third-order valence-electron chi connectivity index (χ3n) is 3.61. The summed E-state index contributed by atoms with van der Waals surface area (Å²) in [6.45, 7) is 4.26. The van der Waals surface area contributed by atoms with E-state index < -0.39 is 6.36 Å². The Morgan fingerprint density at radius 1 is 1.35 bits per heavy atom. The molecule has 1 saturated heterocycles. The smallest absolute Gasteiger partial charge is 0.406 e. The highest BCUT2D eigenvalue weighted by Crippen LogP contribution is 2.23. The first-order chi connectivity index (χ1) is 10.3. The number of piperazine rings is 1. The fraction of sp³-hybridized carbons (Fsp3) is 0.533. The van der Waals surface area contributed by atoms with Crippen LogP contribution in [0, 0.1) is 0 Å². The van der Waals surface area contributed by atoms with E-state index in [0.717, 1.165) is 18.7 Å². The fourth-order valence-corrected chi connectivity index (χ4v) is 2.46. The zero-order valence-electron chi connectivity index (χ0n) is 12.7. The number of nitrogens with one attached hydrogen (secondary N) is 1. The Morgan fingerprint density at radius 3 is 2.57 bits per heavy atom. The van der Waals surface area contributed by atoms with Gasteiger partial charge in [0.05, 0.1) is 0 Å². The summed E-state index contributed by atoms with van der Waals surface area (Å²) in [5, 5.41) is 3.22. The van der Waals surface area contributed by atoms with Gasteiger partial charge in [-0.3, -0.25) is 4.79 Å². The third kappa shape index (κ3) is 6.27. The molecule has 1 atom stereocenters. The van der Waals surface area contributed by atoms with Crippen molar-refractivity contribution in [3.05, 3.63) is 29.8 Å². The maximum Gasteiger partial charge on any atom is 0.573 e. The molecule has 4 nitrogen and oxygen atoms in total. The Labute approximate surface area is 139 Å². The molecule has 2 rings (SSSR count). The van der Waals surface area contributed by atoms with Crippen molar-refractivity contribution in [2.24, 2.45) is 0 Å². The minimum atomic E-state index is -4.68. The first-order valence-electron chi connectivity index (χ1n) is 7.20. The van der Waals surface area contributed by atoms with Gasteiger partial charge < -0.3 is 15.0 Å². The molecule has 0 radical (unpaired) electrons. The SMILES string of the molecule is C[C@H]1CNCCN1C(=O)CCc1ccc(OC(F)(F)F)cc1.Cl. The van der Waals surface area contributed by atoms with Crippen LogP contribution in [0.2, 0.25) is 0 Å². The van der Waals surface area contributed by atoms with Crippen LogP contribution in [0.1, 0.15) is 18.9 Å². The molecule has 1 N–H and O–H groups in total. The number of carbonyl (C=O) groups excluding carboxylic acids is 1. The zero-order valence-corrected chi connectivity index (χ0v) is 13.5. The Balaban J connectivity index is 0.00000264. The minimum absolute atomic E-state index is 0. The van der Waals surface area contributed by atoms with Gasteiger partial charge >= 0.3 is 6.36 Å². The molecule has 1 heterocycles. The number of hydrogen-bond donors (Lipinski definition) is 1. The number of carbonyl (C=O) groups is 1. The van der Waals surface area contributed by atoms with Gasteiger partial charge in [-0.25, -0.2) is 0 Å². The van der Waals surface area contributed by atoms with Crippen LogP contribution in [0.5, 0.6) is 5.75 Å². The van der Waals surface area contributed by atoms with Gasteiger partial charge in [-0.1, -0.05) is 12.1 Å². The summed E-state index contributed by atoms with van der Waals surface area (Å²) in [5.74, 6) is -0.178. The Hall–Kier alpha value is -1.47. The van der Waals surface area contributed by atoms with E-state index in [0.29, 0.717) is 19.4 Å². The van der Waals surface area contributed by atoms with Crippen LogP contribution in [-0.4, -0.2) is 42.8 Å². The van der Waals surface area contributed by atoms with Gasteiger partial charge in [0.25, 0.3) is 0 Å². The Bertz CT molecular complexity index is 508. The van der Waals surface area contributed by atoms with E-state index in [4.69, 9.17) is 0 Å². The highest BCUT2D eigenvalue weighted by molar-refractivity contribution is 5.85. The number of aryl methyl sites for hydroxylation is 1. The van der Waals surface area contributed by atoms with Gasteiger partial charge in [-0.15, -0.1) is 25.6 Å². The minimum Gasteiger partial charge on any atom is -0.406 e. The standard InChI is InChI=1S/C15H19F3N2O2.ClH/c1-11-10-19-8-9-20(11)14(21)7-4-12-2-5-13(6-3-12)22-15(16,17)18;/h2-3,5-6,11,19H,4,7-10H2,1H3;1H/t11-;/m0./s1. The first kappa shape index (κ1) is 19.6. The third-order valence-corrected chi connectivity index (χ3v) is 3.61. The molecule has 0 aromatic heterocycles. The van der Waals surface area contributed by atoms with E-state index in [1.165, 1.54) is 12.1 Å². The molecule has 1 aromatic rings. The molecular formula is C15H20ClF3N2O2. The molecule has 0 spiro atoms. The molecule has 1 fully saturated rings. The summed E-state index contributed by atoms with van der Waals surface area (Å²) in [6, 6.07) is 5.80. The molecule has 0 aliphatic carbocycles. The lowest BCUT2D eigenvalue weighted by Gasteiger charge is -2.34. The zero-order chi connectivity index (χ0) is 16.2. The first-order valence-corrected chi connectivity index (χ1v) is 7.20. The predicted molar refractivity (Wildman–Crippen MR) is 82.7 cm³/mol. The second-order valence-electron chi connectivity index (χ2n) is 5.33. The number of halogens is 4. The summed E-state index contributed by atoms with van der Waals surface area (Å²) in [7, 11) is 0. The summed E-state index contributed by atoms with van der Waals surface area (Å²) >= 11 is 0. The highest BCUT2D eigenvalue weighted by Gasteiger charge is 2.31. The van der Waals surface area contributed by atoms with Crippen molar-refractivity contribution in [3.63, 3.8) is 0 Å². The second kappa shape index (κ2) is 8.40. The molecule has 1 aliphatic heterocycles. The van der Waals surface area contributed by atoms with Crippen molar-refractivity contribution in [1.82, 2.24) is 10.2 Å². The van der Waals surface area contributed by atoms with Crippen LogP contribution in [0.4, 0.5) is 13.2 Å². The summed E-state index contributed by atoms with van der Waals surface area (Å²) in [4.78, 5) is 14.0. The van der Waals surface area contributed by atoms with E-state index in [2.05, 4.69) is 10.1 Å². The number of rotatable bonds is 4. The van der Waals surface area contributed by atoms with Gasteiger partial charge in [-0.05, 0) is 31.0 Å². The Kier molecular flexibility index (Phi) is 7.15. The van der Waals surface area contributed by atoms with Crippen LogP contribution in [0.3, 0.4) is 0 Å². The van der Waals surface area contributed by atoms with Crippen molar-refractivity contribution >= 4 is 18.3 Å². The number of hydrogen-bond acceptors (Lipinski definition) is 3. The average molecular weight is 353 g/mol. The van der Waals surface area contributed by atoms with Crippen LogP contribution in [0.25, 0.3) is 0 Å². The van der Waals surface area contributed by atoms with E-state index in [9.17, 15) is 18.0 Å². The summed E-state index contributed by atoms with van der Waals surface area (Å²) < 4.78 is 40.0. The topological polar surface area (TPSA) is 41.6 Å². The molecule has 0 bridgehead atoms. The van der Waals surface area contributed by atoms with Crippen molar-refractivity contribution in [2.75, 3.05) is 19.6 Å². The van der Waals surface area contributed by atoms with Gasteiger partial charge in [0.15, 0.2) is 0 Å². The number of alkyl halides is 3. The fourth-order valence-electron chi connectivity index (χ4n) is 2.46. The number of ether oxygens (including phenoxy) is 1. The van der Waals surface area contributed by atoms with E-state index in [1.54, 1.807) is 12.1 Å². The normalized spacial score (nSPS) is 18.3. The summed E-state index contributed by atoms with van der Waals surface area (Å²) in [6.07, 6.45) is -3.83. The van der Waals surface area contributed by atoms with Crippen LogP contribution < -0.4 is 10.1 Å². The molecular weight excluding hydrogens is 333 g/mol. The number of benzene rings is 1. The second-order valence-corrected chi connectivity index (χ2v) is 5.33. The number of nitrogens with zero attached hydrogens (tertiary/aromatic N) is 1. The van der Waals surface area contributed by atoms with Gasteiger partial charge in [0.1, 0.15) is 5.75 Å². The quantitative estimate of drug-likeness (QED) is 0.906. The van der Waals surface area contributed by atoms with E-state index in [-0.39, 0.29) is 30.1 Å². The molecule has 1 aliphatic rings. The van der Waals surface area contributed by atoms with Crippen molar-refractivity contribution < 1.29 is 22.7 Å². The van der Waals surface area contributed by atoms with E-state index >= 15 is 0 Å². The molecule has 23 heavy (non-hydrogen) atoms. The van der Waals surface area contributed by atoms with Crippen LogP contribution in [0.15, 0.2) is 24.3 Å². The van der Waals surface area contributed by atoms with E-state index in [1.807, 2.05) is 11.8 Å². The van der Waals surface area contributed by atoms with Gasteiger partial charge in [0, 0.05) is 32.1 Å². The average Bonchev–Trinajstić information content (AvgIpc) is 2.45. The number of amides is 1. The molecule has 1 aromatic carbocycles. The highest BCUT2D eigenvalue weighted by atomic mass is 35.5. The molecule has 130 valence electrons. The predicted octanol–water partition coefficient (Wildman–Crippen LogP) is 2.76. The lowest BCUT2D eigenvalue weighted by atomic mass is 10.1. The van der Waals surface area contributed by atoms with Crippen LogP contribution >= 0.6 is 12.4 Å². The lowest BCUT2D eigenvalue weighted by molar-refractivity contribution is -0.274. The van der Waals surface area contributed by atoms with Crippen LogP contribution in [-0.2, 0) is 11.2 Å². The van der Waals surface area contributed by atoms with Gasteiger partial charge in [-0.2, -0.15) is 0 Å². The largest absolute Gasteiger partial charge is 0.573 e. The van der Waals surface area contributed by atoms with Gasteiger partial charge in [0.2, 0.25) is 5.91 Å². The Morgan fingerprint density at radius 2 is 2.00 bits per heavy atom. The van der Waals surface area contributed by atoms with Crippen molar-refractivity contribution in [2.45, 2.75) is 32.2 Å². The maximum atomic E-state index is 12.2. The molecule has 8 heteroatoms. The molecule has 1 amide bonds. The molecule has 0 unspecified atom stereocenters. The summed E-state index contributed by atoms with van der Waals surface area (Å²) in [5.41, 5.74) is 0.811. The maximum absolute atomic E-state index is 12.2.